The number of benzene rings is 1. The third-order valence-corrected chi connectivity index (χ3v) is 8.64. The van der Waals surface area contributed by atoms with Crippen molar-refractivity contribution in [3.05, 3.63) is 52.0 Å². The average molecular weight is 520 g/mol. The summed E-state index contributed by atoms with van der Waals surface area (Å²) >= 11 is 1.17. The number of nitrogens with zero attached hydrogens (tertiary/aromatic N) is 3. The number of anilines is 1. The maximum Gasteiger partial charge on any atom is 0.251 e. The molecule has 0 unspecified atom stereocenters. The van der Waals surface area contributed by atoms with Crippen LogP contribution in [0.25, 0.3) is 11.3 Å². The Hall–Kier alpha value is -3.12. The average Bonchev–Trinajstić information content (AvgIpc) is 3.57. The van der Waals surface area contributed by atoms with Crippen molar-refractivity contribution in [2.75, 3.05) is 11.3 Å². The molecule has 0 spiro atoms. The monoisotopic (exact) mass is 519 g/mol. The van der Waals surface area contributed by atoms with Crippen LogP contribution in [-0.4, -0.2) is 41.1 Å². The van der Waals surface area contributed by atoms with Crippen LogP contribution in [0.3, 0.4) is 0 Å². The third kappa shape index (κ3) is 4.85. The zero-order valence-electron chi connectivity index (χ0n) is 19.8. The summed E-state index contributed by atoms with van der Waals surface area (Å²) in [7, 11) is -3.51. The minimum atomic E-state index is -3.51. The number of hydrogen-bond donors (Lipinski definition) is 2. The van der Waals surface area contributed by atoms with Crippen molar-refractivity contribution in [2.45, 2.75) is 51.2 Å². The predicted molar refractivity (Wildman–Crippen MR) is 132 cm³/mol. The zero-order valence-corrected chi connectivity index (χ0v) is 21.4. The van der Waals surface area contributed by atoms with Gasteiger partial charge in [-0.2, -0.15) is 0 Å². The standard InChI is InChI=1S/C23H26FN5O4S2/c1-5-33-17-11-26-10-16(27-17)14-8-9-15(21(25)30)19(24)18(14)23(3,4)20-12(2)34-22(28-20)29-35(31,32)13-6-7-13/h8-11,13H,5-7H2,1-4H3,(H2,25,30)(H,28,29). The molecule has 186 valence electrons. The van der Waals surface area contributed by atoms with Crippen molar-refractivity contribution in [2.24, 2.45) is 5.73 Å². The summed E-state index contributed by atoms with van der Waals surface area (Å²) < 4.78 is 48.7. The molecule has 1 aliphatic rings. The Bertz CT molecular complexity index is 1400. The van der Waals surface area contributed by atoms with E-state index in [0.717, 1.165) is 0 Å². The lowest BCUT2D eigenvalue weighted by atomic mass is 9.76. The molecule has 0 atom stereocenters. The number of carbonyl (C=O) groups excluding carboxylic acids is 1. The highest BCUT2D eigenvalue weighted by Gasteiger charge is 2.38. The van der Waals surface area contributed by atoms with Gasteiger partial charge in [-0.05, 0) is 46.6 Å². The lowest BCUT2D eigenvalue weighted by Gasteiger charge is -2.28. The van der Waals surface area contributed by atoms with Crippen LogP contribution in [0.15, 0.2) is 24.5 Å². The van der Waals surface area contributed by atoms with Gasteiger partial charge in [-0.3, -0.25) is 14.5 Å². The second-order valence-corrected chi connectivity index (χ2v) is 11.9. The van der Waals surface area contributed by atoms with Crippen LogP contribution in [-0.2, 0) is 15.4 Å². The van der Waals surface area contributed by atoms with E-state index in [1.165, 1.54) is 29.8 Å². The fraction of sp³-hybridized carbons (Fsp3) is 0.391. The Kier molecular flexibility index (Phi) is 6.54. The predicted octanol–water partition coefficient (Wildman–Crippen LogP) is 3.78. The molecule has 3 N–H and O–H groups in total. The fourth-order valence-electron chi connectivity index (χ4n) is 4.01. The van der Waals surface area contributed by atoms with Crippen LogP contribution < -0.4 is 15.2 Å². The SMILES string of the molecule is CCOc1cncc(-c2ccc(C(N)=O)c(F)c2C(C)(C)c2nc(NS(=O)(=O)C3CC3)sc2C)n1. The first-order valence-corrected chi connectivity index (χ1v) is 13.4. The molecule has 0 saturated heterocycles. The van der Waals surface area contributed by atoms with Crippen LogP contribution >= 0.6 is 11.3 Å². The molecule has 0 bridgehead atoms. The highest BCUT2D eigenvalue weighted by atomic mass is 32.2. The minimum Gasteiger partial charge on any atom is -0.477 e. The number of thiazole rings is 1. The van der Waals surface area contributed by atoms with E-state index >= 15 is 4.39 Å². The zero-order chi connectivity index (χ0) is 25.5. The normalized spacial score (nSPS) is 14.1. The van der Waals surface area contributed by atoms with E-state index in [2.05, 4.69) is 19.7 Å². The van der Waals surface area contributed by atoms with E-state index < -0.39 is 32.4 Å². The summed E-state index contributed by atoms with van der Waals surface area (Å²) in [5.74, 6) is -1.43. The maximum absolute atomic E-state index is 15.9. The van der Waals surface area contributed by atoms with Gasteiger partial charge in [-0.15, -0.1) is 11.3 Å². The molecule has 2 heterocycles. The van der Waals surface area contributed by atoms with Crippen LogP contribution in [0, 0.1) is 12.7 Å². The van der Waals surface area contributed by atoms with Gasteiger partial charge < -0.3 is 10.5 Å². The number of carbonyl (C=O) groups is 1. The minimum absolute atomic E-state index is 0.141. The molecule has 1 amide bonds. The summed E-state index contributed by atoms with van der Waals surface area (Å²) in [5.41, 5.74) is 5.41. The first-order valence-electron chi connectivity index (χ1n) is 11.0. The Morgan fingerprint density at radius 2 is 2.00 bits per heavy atom. The number of aromatic nitrogens is 3. The molecule has 3 aromatic rings. The third-order valence-electron chi connectivity index (χ3n) is 5.79. The number of halogens is 1. The number of amides is 1. The van der Waals surface area contributed by atoms with Crippen LogP contribution in [0.4, 0.5) is 9.52 Å². The van der Waals surface area contributed by atoms with Crippen molar-refractivity contribution in [1.29, 1.82) is 0 Å². The summed E-state index contributed by atoms with van der Waals surface area (Å²) in [4.78, 5) is 25.8. The van der Waals surface area contributed by atoms with E-state index in [1.54, 1.807) is 26.8 Å². The number of rotatable bonds is 9. The Balaban J connectivity index is 1.87. The van der Waals surface area contributed by atoms with Gasteiger partial charge in [0.1, 0.15) is 5.82 Å². The number of ether oxygens (including phenoxy) is 1. The molecule has 1 fully saturated rings. The molecular weight excluding hydrogens is 493 g/mol. The summed E-state index contributed by atoms with van der Waals surface area (Å²) in [6.07, 6.45) is 4.17. The van der Waals surface area contributed by atoms with Gasteiger partial charge in [0.15, 0.2) is 5.13 Å². The molecule has 1 aromatic carbocycles. The van der Waals surface area contributed by atoms with Crippen molar-refractivity contribution >= 4 is 32.4 Å². The number of sulfonamides is 1. The lowest BCUT2D eigenvalue weighted by Crippen LogP contribution is -2.26. The van der Waals surface area contributed by atoms with Crippen LogP contribution in [0.1, 0.15) is 60.1 Å². The second-order valence-electron chi connectivity index (χ2n) is 8.78. The quantitative estimate of drug-likeness (QED) is 0.439. The van der Waals surface area contributed by atoms with Gasteiger partial charge in [0.25, 0.3) is 5.91 Å². The first kappa shape index (κ1) is 25.0. The largest absolute Gasteiger partial charge is 0.477 e. The van der Waals surface area contributed by atoms with Crippen molar-refractivity contribution < 1.29 is 22.3 Å². The van der Waals surface area contributed by atoms with Gasteiger partial charge in [0.05, 0.1) is 41.2 Å². The van der Waals surface area contributed by atoms with Gasteiger partial charge in [0, 0.05) is 21.4 Å². The molecule has 1 aliphatic carbocycles. The molecule has 12 heteroatoms. The molecule has 0 radical (unpaired) electrons. The topological polar surface area (TPSA) is 137 Å². The van der Waals surface area contributed by atoms with E-state index in [9.17, 15) is 13.2 Å². The number of primary amides is 1. The number of aryl methyl sites for hydroxylation is 1. The lowest BCUT2D eigenvalue weighted by molar-refractivity contribution is 0.0996. The number of nitrogens with two attached hydrogens (primary N) is 1. The van der Waals surface area contributed by atoms with E-state index in [-0.39, 0.29) is 22.1 Å². The molecule has 1 saturated carbocycles. The van der Waals surface area contributed by atoms with Crippen molar-refractivity contribution in [3.8, 4) is 17.1 Å². The van der Waals surface area contributed by atoms with Gasteiger partial charge >= 0.3 is 0 Å². The number of hydrogen-bond acceptors (Lipinski definition) is 8. The van der Waals surface area contributed by atoms with Gasteiger partial charge in [0.2, 0.25) is 15.9 Å². The second kappa shape index (κ2) is 9.15. The van der Waals surface area contributed by atoms with E-state index in [0.29, 0.717) is 41.3 Å². The van der Waals surface area contributed by atoms with E-state index in [4.69, 9.17) is 10.5 Å². The van der Waals surface area contributed by atoms with Crippen LogP contribution in [0.2, 0.25) is 0 Å². The van der Waals surface area contributed by atoms with Gasteiger partial charge in [-0.1, -0.05) is 6.07 Å². The highest BCUT2D eigenvalue weighted by molar-refractivity contribution is 7.93. The molecule has 2 aromatic heterocycles. The van der Waals surface area contributed by atoms with Crippen molar-refractivity contribution in [3.63, 3.8) is 0 Å². The first-order chi connectivity index (χ1) is 16.5. The molecule has 4 rings (SSSR count). The number of nitrogens with one attached hydrogen (secondary N) is 1. The molecule has 35 heavy (non-hydrogen) atoms. The Morgan fingerprint density at radius 3 is 2.63 bits per heavy atom. The van der Waals surface area contributed by atoms with Gasteiger partial charge in [-0.25, -0.2) is 22.8 Å². The Morgan fingerprint density at radius 1 is 1.29 bits per heavy atom. The summed E-state index contributed by atoms with van der Waals surface area (Å²) in [6, 6.07) is 2.88. The van der Waals surface area contributed by atoms with E-state index in [1.807, 2.05) is 6.92 Å². The summed E-state index contributed by atoms with van der Waals surface area (Å²) in [6.45, 7) is 7.48. The van der Waals surface area contributed by atoms with Crippen molar-refractivity contribution in [1.82, 2.24) is 15.0 Å². The Labute approximate surface area is 207 Å². The summed E-state index contributed by atoms with van der Waals surface area (Å²) in [5, 5.41) is -0.195. The highest BCUT2D eigenvalue weighted by Crippen LogP contribution is 2.43. The molecule has 0 aliphatic heterocycles. The maximum atomic E-state index is 15.9. The fourth-order valence-corrected chi connectivity index (χ4v) is 6.56. The smallest absolute Gasteiger partial charge is 0.251 e. The molecule has 9 nitrogen and oxygen atoms in total. The molecular formula is C23H26FN5O4S2. The van der Waals surface area contributed by atoms with Crippen LogP contribution in [0.5, 0.6) is 5.88 Å².